The van der Waals surface area contributed by atoms with Crippen LogP contribution in [-0.4, -0.2) is 33.5 Å². The largest absolute Gasteiger partial charge is 0.464 e. The summed E-state index contributed by atoms with van der Waals surface area (Å²) in [5.41, 5.74) is 0.490. The molecule has 0 aliphatic heterocycles. The average molecular weight is 292 g/mol. The van der Waals surface area contributed by atoms with Crippen molar-refractivity contribution in [1.82, 2.24) is 9.55 Å². The lowest BCUT2D eigenvalue weighted by Crippen LogP contribution is -2.14. The quantitative estimate of drug-likeness (QED) is 0.500. The van der Waals surface area contributed by atoms with E-state index in [1.165, 1.54) is 43.3 Å². The number of nitrogens with one attached hydrogen (secondary N) is 2. The third-order valence-electron chi connectivity index (χ3n) is 2.78. The van der Waals surface area contributed by atoms with E-state index in [1.807, 2.05) is 0 Å². The molecule has 0 saturated heterocycles. The second-order valence-corrected chi connectivity index (χ2v) is 4.20. The molecular weight excluding hydrogens is 280 g/mol. The summed E-state index contributed by atoms with van der Waals surface area (Å²) in [6, 6.07) is 2.57. The second-order valence-electron chi connectivity index (χ2n) is 4.20. The van der Waals surface area contributed by atoms with Gasteiger partial charge >= 0.3 is 5.97 Å². The van der Waals surface area contributed by atoms with E-state index in [9.17, 15) is 19.7 Å². The van der Waals surface area contributed by atoms with Gasteiger partial charge in [0, 0.05) is 19.3 Å². The second kappa shape index (κ2) is 5.49. The fraction of sp³-hybridized carbons (Fsp3) is 0.167. The van der Waals surface area contributed by atoms with Crippen molar-refractivity contribution in [3.05, 3.63) is 46.0 Å². The number of methoxy groups -OCH3 is 1. The maximum absolute atomic E-state index is 12.0. The zero-order valence-corrected chi connectivity index (χ0v) is 11.2. The van der Waals surface area contributed by atoms with Crippen LogP contribution in [-0.2, 0) is 11.8 Å². The number of amides is 1. The average Bonchev–Trinajstić information content (AvgIpc) is 3.04. The first-order valence-corrected chi connectivity index (χ1v) is 5.81. The molecule has 0 aromatic carbocycles. The SMILES string of the molecule is COC(=O)c1cc(NC(=O)c2cc([N+](=O)[O-])cn2C)c[nH]1. The molecule has 0 atom stereocenters. The van der Waals surface area contributed by atoms with Gasteiger partial charge in [0.2, 0.25) is 0 Å². The van der Waals surface area contributed by atoms with E-state index in [1.54, 1.807) is 0 Å². The van der Waals surface area contributed by atoms with Gasteiger partial charge in [-0.05, 0) is 6.07 Å². The lowest BCUT2D eigenvalue weighted by Gasteiger charge is -2.02. The van der Waals surface area contributed by atoms with E-state index < -0.39 is 16.8 Å². The molecular formula is C12H12N4O5. The normalized spacial score (nSPS) is 10.2. The number of ether oxygens (including phenoxy) is 1. The number of H-pyrrole nitrogens is 1. The number of nitro groups is 1. The lowest BCUT2D eigenvalue weighted by atomic mass is 10.3. The van der Waals surface area contributed by atoms with E-state index in [2.05, 4.69) is 15.0 Å². The summed E-state index contributed by atoms with van der Waals surface area (Å²) in [5, 5.41) is 13.2. The molecule has 2 aromatic rings. The molecule has 0 saturated carbocycles. The van der Waals surface area contributed by atoms with Gasteiger partial charge < -0.3 is 19.6 Å². The van der Waals surface area contributed by atoms with Crippen LogP contribution in [0.4, 0.5) is 11.4 Å². The summed E-state index contributed by atoms with van der Waals surface area (Å²) in [6.07, 6.45) is 2.66. The summed E-state index contributed by atoms with van der Waals surface area (Å²) < 4.78 is 5.87. The van der Waals surface area contributed by atoms with Gasteiger partial charge in [-0.1, -0.05) is 0 Å². The van der Waals surface area contributed by atoms with Crippen LogP contribution in [0.15, 0.2) is 24.5 Å². The number of hydrogen-bond donors (Lipinski definition) is 2. The van der Waals surface area contributed by atoms with Gasteiger partial charge in [0.05, 0.1) is 23.9 Å². The summed E-state index contributed by atoms with van der Waals surface area (Å²) in [6.45, 7) is 0. The smallest absolute Gasteiger partial charge is 0.354 e. The topological polar surface area (TPSA) is 119 Å². The molecule has 0 aliphatic rings. The van der Waals surface area contributed by atoms with Crippen LogP contribution in [0.1, 0.15) is 21.0 Å². The van der Waals surface area contributed by atoms with Gasteiger partial charge in [0.15, 0.2) is 0 Å². The van der Waals surface area contributed by atoms with Crippen molar-refractivity contribution in [2.75, 3.05) is 12.4 Å². The third-order valence-corrected chi connectivity index (χ3v) is 2.78. The van der Waals surface area contributed by atoms with Gasteiger partial charge in [-0.2, -0.15) is 0 Å². The molecule has 21 heavy (non-hydrogen) atoms. The molecule has 110 valence electrons. The Morgan fingerprint density at radius 1 is 1.43 bits per heavy atom. The van der Waals surface area contributed by atoms with Crippen LogP contribution in [0.5, 0.6) is 0 Å². The number of aromatic amines is 1. The first kappa shape index (κ1) is 14.3. The van der Waals surface area contributed by atoms with Crippen LogP contribution in [0.3, 0.4) is 0 Å². The Morgan fingerprint density at radius 2 is 2.14 bits per heavy atom. The Labute approximate surface area is 118 Å². The van der Waals surface area contributed by atoms with Crippen LogP contribution >= 0.6 is 0 Å². The fourth-order valence-electron chi connectivity index (χ4n) is 1.76. The molecule has 2 rings (SSSR count). The van der Waals surface area contributed by atoms with Gasteiger partial charge in [-0.15, -0.1) is 0 Å². The van der Waals surface area contributed by atoms with Crippen molar-refractivity contribution in [2.45, 2.75) is 0 Å². The first-order chi connectivity index (χ1) is 9.92. The number of aryl methyl sites for hydroxylation is 1. The Bertz CT molecular complexity index is 715. The number of esters is 1. The highest BCUT2D eigenvalue weighted by atomic mass is 16.6. The molecule has 0 aliphatic carbocycles. The molecule has 9 nitrogen and oxygen atoms in total. The van der Waals surface area contributed by atoms with Crippen molar-refractivity contribution in [3.8, 4) is 0 Å². The summed E-state index contributed by atoms with van der Waals surface area (Å²) >= 11 is 0. The van der Waals surface area contributed by atoms with E-state index >= 15 is 0 Å². The van der Waals surface area contributed by atoms with Crippen molar-refractivity contribution in [3.63, 3.8) is 0 Å². The fourth-order valence-corrected chi connectivity index (χ4v) is 1.76. The number of anilines is 1. The molecule has 0 radical (unpaired) electrons. The van der Waals surface area contributed by atoms with E-state index in [-0.39, 0.29) is 17.1 Å². The molecule has 0 bridgehead atoms. The van der Waals surface area contributed by atoms with Crippen LogP contribution in [0.25, 0.3) is 0 Å². The highest BCUT2D eigenvalue weighted by Crippen LogP contribution is 2.17. The molecule has 2 heterocycles. The monoisotopic (exact) mass is 292 g/mol. The first-order valence-electron chi connectivity index (χ1n) is 5.81. The number of carbonyl (C=O) groups is 2. The summed E-state index contributed by atoms with van der Waals surface area (Å²) in [4.78, 5) is 36.0. The molecule has 0 fully saturated rings. The van der Waals surface area contributed by atoms with Gasteiger partial charge in [-0.25, -0.2) is 4.79 Å². The Morgan fingerprint density at radius 3 is 2.71 bits per heavy atom. The van der Waals surface area contributed by atoms with Gasteiger partial charge in [-0.3, -0.25) is 14.9 Å². The maximum Gasteiger partial charge on any atom is 0.354 e. The zero-order chi connectivity index (χ0) is 15.6. The molecule has 0 unspecified atom stereocenters. The zero-order valence-electron chi connectivity index (χ0n) is 11.2. The predicted octanol–water partition coefficient (Wildman–Crippen LogP) is 1.30. The molecule has 0 spiro atoms. The molecule has 2 N–H and O–H groups in total. The Balaban J connectivity index is 2.16. The van der Waals surface area contributed by atoms with Crippen molar-refractivity contribution in [2.24, 2.45) is 7.05 Å². The highest BCUT2D eigenvalue weighted by molar-refractivity contribution is 6.04. The number of nitrogens with zero attached hydrogens (tertiary/aromatic N) is 2. The number of carbonyl (C=O) groups excluding carboxylic acids is 2. The minimum atomic E-state index is -0.581. The van der Waals surface area contributed by atoms with E-state index in [0.29, 0.717) is 5.69 Å². The summed E-state index contributed by atoms with van der Waals surface area (Å²) in [7, 11) is 2.77. The van der Waals surface area contributed by atoms with Gasteiger partial charge in [0.1, 0.15) is 11.4 Å². The van der Waals surface area contributed by atoms with E-state index in [4.69, 9.17) is 0 Å². The number of aromatic nitrogens is 2. The van der Waals surface area contributed by atoms with Crippen molar-refractivity contribution < 1.29 is 19.2 Å². The predicted molar refractivity (Wildman–Crippen MR) is 72.2 cm³/mol. The lowest BCUT2D eigenvalue weighted by molar-refractivity contribution is -0.384. The van der Waals surface area contributed by atoms with Crippen molar-refractivity contribution in [1.29, 1.82) is 0 Å². The molecule has 2 aromatic heterocycles. The number of hydrogen-bond acceptors (Lipinski definition) is 5. The molecule has 1 amide bonds. The maximum atomic E-state index is 12.0. The Kier molecular flexibility index (Phi) is 3.74. The van der Waals surface area contributed by atoms with Crippen LogP contribution in [0.2, 0.25) is 0 Å². The highest BCUT2D eigenvalue weighted by Gasteiger charge is 2.18. The Hall–Kier alpha value is -3.10. The minimum Gasteiger partial charge on any atom is -0.464 e. The third kappa shape index (κ3) is 2.91. The van der Waals surface area contributed by atoms with Crippen molar-refractivity contribution >= 4 is 23.3 Å². The van der Waals surface area contributed by atoms with Crippen LogP contribution in [0, 0.1) is 10.1 Å². The number of rotatable bonds is 4. The van der Waals surface area contributed by atoms with E-state index in [0.717, 1.165) is 0 Å². The minimum absolute atomic E-state index is 0.127. The standard InChI is InChI=1S/C12H12N4O5/c1-15-6-8(16(19)20)4-10(15)11(17)14-7-3-9(13-5-7)12(18)21-2/h3-6,13H,1-2H3,(H,14,17). The summed E-state index contributed by atoms with van der Waals surface area (Å²) in [5.74, 6) is -1.09. The van der Waals surface area contributed by atoms with Gasteiger partial charge in [0.25, 0.3) is 11.6 Å². The molecule has 9 heteroatoms. The van der Waals surface area contributed by atoms with Crippen LogP contribution < -0.4 is 5.32 Å².